The van der Waals surface area contributed by atoms with Gasteiger partial charge in [-0.25, -0.2) is 0 Å². The summed E-state index contributed by atoms with van der Waals surface area (Å²) < 4.78 is 0. The Balaban J connectivity index is 1.55. The van der Waals surface area contributed by atoms with Gasteiger partial charge in [0, 0.05) is 12.5 Å². The summed E-state index contributed by atoms with van der Waals surface area (Å²) in [5.74, 6) is 1.91. The maximum atomic E-state index is 12.2. The van der Waals surface area contributed by atoms with Crippen LogP contribution < -0.4 is 5.32 Å². The summed E-state index contributed by atoms with van der Waals surface area (Å²) in [6, 6.07) is 7.74. The van der Waals surface area contributed by atoms with Crippen LogP contribution in [0.2, 0.25) is 0 Å². The number of carbonyl (C=O) groups excluding carboxylic acids is 1. The first-order valence-electron chi connectivity index (χ1n) is 7.22. The number of nitrogens with one attached hydrogen (secondary N) is 1. The fourth-order valence-corrected chi connectivity index (χ4v) is 3.72. The summed E-state index contributed by atoms with van der Waals surface area (Å²) in [7, 11) is 0. The molecule has 3 rings (SSSR count). The van der Waals surface area contributed by atoms with Crippen LogP contribution in [0.25, 0.3) is 0 Å². The van der Waals surface area contributed by atoms with Crippen molar-refractivity contribution in [3.05, 3.63) is 35.4 Å². The molecular formula is C16H21NO2. The number of amides is 1. The van der Waals surface area contributed by atoms with Crippen LogP contribution >= 0.6 is 0 Å². The van der Waals surface area contributed by atoms with E-state index in [1.165, 1.54) is 19.3 Å². The fraction of sp³-hybridized carbons (Fsp3) is 0.562. The second kappa shape index (κ2) is 5.33. The number of aliphatic hydroxyl groups excluding tert-OH is 1. The second-order valence-electron chi connectivity index (χ2n) is 5.98. The van der Waals surface area contributed by atoms with Gasteiger partial charge in [-0.15, -0.1) is 0 Å². The van der Waals surface area contributed by atoms with E-state index < -0.39 is 0 Å². The molecule has 2 fully saturated rings. The third-order valence-corrected chi connectivity index (χ3v) is 4.72. The first kappa shape index (κ1) is 12.7. The van der Waals surface area contributed by atoms with Crippen LogP contribution in [-0.4, -0.2) is 11.0 Å². The Kier molecular flexibility index (Phi) is 3.56. The van der Waals surface area contributed by atoms with Crippen molar-refractivity contribution in [3.8, 4) is 0 Å². The highest BCUT2D eigenvalue weighted by atomic mass is 16.3. The Labute approximate surface area is 114 Å². The van der Waals surface area contributed by atoms with E-state index in [2.05, 4.69) is 5.32 Å². The molecule has 19 heavy (non-hydrogen) atoms. The molecule has 0 aliphatic heterocycles. The Hall–Kier alpha value is -1.35. The Morgan fingerprint density at radius 1 is 1.26 bits per heavy atom. The minimum Gasteiger partial charge on any atom is -0.392 e. The molecule has 1 amide bonds. The monoisotopic (exact) mass is 259 g/mol. The Morgan fingerprint density at radius 2 is 2.11 bits per heavy atom. The molecule has 0 aromatic heterocycles. The number of hydrogen-bond acceptors (Lipinski definition) is 2. The third-order valence-electron chi connectivity index (χ3n) is 4.72. The molecule has 3 unspecified atom stereocenters. The zero-order chi connectivity index (χ0) is 13.2. The molecule has 2 aliphatic carbocycles. The average molecular weight is 259 g/mol. The molecule has 0 heterocycles. The summed E-state index contributed by atoms with van der Waals surface area (Å²) in [4.78, 5) is 12.2. The highest BCUT2D eigenvalue weighted by molar-refractivity contribution is 5.79. The Bertz CT molecular complexity index is 472. The van der Waals surface area contributed by atoms with Gasteiger partial charge in [0.1, 0.15) is 0 Å². The first-order chi connectivity index (χ1) is 9.26. The van der Waals surface area contributed by atoms with E-state index in [-0.39, 0.29) is 18.4 Å². The van der Waals surface area contributed by atoms with Gasteiger partial charge in [0.2, 0.25) is 5.91 Å². The highest BCUT2D eigenvalue weighted by Gasteiger charge is 2.42. The normalized spacial score (nSPS) is 28.6. The molecular weight excluding hydrogens is 238 g/mol. The van der Waals surface area contributed by atoms with Gasteiger partial charge >= 0.3 is 0 Å². The average Bonchev–Trinajstić information content (AvgIpc) is 3.07. The van der Waals surface area contributed by atoms with Crippen molar-refractivity contribution >= 4 is 5.91 Å². The van der Waals surface area contributed by atoms with Crippen LogP contribution in [0.4, 0.5) is 0 Å². The predicted octanol–water partition coefficient (Wildman–Crippen LogP) is 2.23. The van der Waals surface area contributed by atoms with Crippen LogP contribution in [0, 0.1) is 17.8 Å². The SMILES string of the molecule is O=C(NCc1cccc(CO)c1)C1CC2CCC1C2. The molecule has 1 aromatic rings. The van der Waals surface area contributed by atoms with Gasteiger partial charge in [0.25, 0.3) is 0 Å². The number of carbonyl (C=O) groups is 1. The van der Waals surface area contributed by atoms with Crippen LogP contribution in [-0.2, 0) is 17.9 Å². The van der Waals surface area contributed by atoms with Crippen molar-refractivity contribution in [1.82, 2.24) is 5.32 Å². The third kappa shape index (κ3) is 2.66. The van der Waals surface area contributed by atoms with Crippen LogP contribution in [0.5, 0.6) is 0 Å². The van der Waals surface area contributed by atoms with Gasteiger partial charge in [-0.3, -0.25) is 4.79 Å². The summed E-state index contributed by atoms with van der Waals surface area (Å²) >= 11 is 0. The lowest BCUT2D eigenvalue weighted by Gasteiger charge is -2.20. The van der Waals surface area contributed by atoms with Gasteiger partial charge in [-0.2, -0.15) is 0 Å². The van der Waals surface area contributed by atoms with Crippen molar-refractivity contribution in [2.24, 2.45) is 17.8 Å². The van der Waals surface area contributed by atoms with Gasteiger partial charge in [0.15, 0.2) is 0 Å². The predicted molar refractivity (Wildman–Crippen MR) is 73.1 cm³/mol. The zero-order valence-electron chi connectivity index (χ0n) is 11.1. The van der Waals surface area contributed by atoms with E-state index >= 15 is 0 Å². The molecule has 1 aromatic carbocycles. The largest absolute Gasteiger partial charge is 0.392 e. The first-order valence-corrected chi connectivity index (χ1v) is 7.22. The number of rotatable bonds is 4. The molecule has 3 heteroatoms. The van der Waals surface area contributed by atoms with Crippen molar-refractivity contribution in [1.29, 1.82) is 0 Å². The lowest BCUT2D eigenvalue weighted by molar-refractivity contribution is -0.126. The molecule has 102 valence electrons. The molecule has 2 bridgehead atoms. The maximum absolute atomic E-state index is 12.2. The quantitative estimate of drug-likeness (QED) is 0.871. The van der Waals surface area contributed by atoms with Crippen LogP contribution in [0.3, 0.4) is 0 Å². The molecule has 2 aliphatic rings. The summed E-state index contributed by atoms with van der Waals surface area (Å²) in [6.45, 7) is 0.620. The topological polar surface area (TPSA) is 49.3 Å². The highest BCUT2D eigenvalue weighted by Crippen LogP contribution is 2.48. The number of benzene rings is 1. The van der Waals surface area contributed by atoms with Gasteiger partial charge < -0.3 is 10.4 Å². The molecule has 2 N–H and O–H groups in total. The van der Waals surface area contributed by atoms with E-state index in [1.54, 1.807) is 0 Å². The summed E-state index contributed by atoms with van der Waals surface area (Å²) in [5.41, 5.74) is 1.95. The van der Waals surface area contributed by atoms with Crippen molar-refractivity contribution < 1.29 is 9.90 Å². The van der Waals surface area contributed by atoms with E-state index in [1.807, 2.05) is 24.3 Å². The zero-order valence-corrected chi connectivity index (χ0v) is 11.1. The van der Waals surface area contributed by atoms with Crippen molar-refractivity contribution in [2.45, 2.75) is 38.8 Å². The Morgan fingerprint density at radius 3 is 2.79 bits per heavy atom. The van der Waals surface area contributed by atoms with Crippen molar-refractivity contribution in [3.63, 3.8) is 0 Å². The van der Waals surface area contributed by atoms with E-state index in [0.717, 1.165) is 23.5 Å². The summed E-state index contributed by atoms with van der Waals surface area (Å²) in [5, 5.41) is 12.2. The molecule has 0 spiro atoms. The van der Waals surface area contributed by atoms with Gasteiger partial charge in [-0.05, 0) is 42.2 Å². The van der Waals surface area contributed by atoms with E-state index in [9.17, 15) is 4.79 Å². The minimum atomic E-state index is 0.0498. The van der Waals surface area contributed by atoms with Crippen LogP contribution in [0.1, 0.15) is 36.8 Å². The van der Waals surface area contributed by atoms with E-state index in [0.29, 0.717) is 12.5 Å². The van der Waals surface area contributed by atoms with Gasteiger partial charge in [0.05, 0.1) is 6.61 Å². The number of fused-ring (bicyclic) bond motifs is 2. The van der Waals surface area contributed by atoms with Gasteiger partial charge in [-0.1, -0.05) is 30.7 Å². The molecule has 2 saturated carbocycles. The number of hydrogen-bond donors (Lipinski definition) is 2. The van der Waals surface area contributed by atoms with Crippen LogP contribution in [0.15, 0.2) is 24.3 Å². The lowest BCUT2D eigenvalue weighted by Crippen LogP contribution is -2.33. The fourth-order valence-electron chi connectivity index (χ4n) is 3.72. The minimum absolute atomic E-state index is 0.0498. The molecule has 0 radical (unpaired) electrons. The molecule has 0 saturated heterocycles. The second-order valence-corrected chi connectivity index (χ2v) is 5.98. The molecule has 3 atom stereocenters. The standard InChI is InChI=1S/C16H21NO2/c18-10-13-3-1-2-12(6-13)9-17-16(19)15-8-11-4-5-14(15)7-11/h1-3,6,11,14-15,18H,4-5,7-10H2,(H,17,19). The lowest BCUT2D eigenvalue weighted by atomic mass is 9.88. The molecule has 3 nitrogen and oxygen atoms in total. The van der Waals surface area contributed by atoms with Crippen molar-refractivity contribution in [2.75, 3.05) is 0 Å². The summed E-state index contributed by atoms with van der Waals surface area (Å²) in [6.07, 6.45) is 4.92. The smallest absolute Gasteiger partial charge is 0.223 e. The van der Waals surface area contributed by atoms with E-state index in [4.69, 9.17) is 5.11 Å². The maximum Gasteiger partial charge on any atom is 0.223 e. The number of aliphatic hydroxyl groups is 1.